The van der Waals surface area contributed by atoms with Crippen molar-refractivity contribution in [3.05, 3.63) is 61.7 Å². The second-order valence-corrected chi connectivity index (χ2v) is 11.7. The van der Waals surface area contributed by atoms with Gasteiger partial charge in [-0.15, -0.1) is 11.3 Å². The molecule has 3 aromatic rings. The van der Waals surface area contributed by atoms with E-state index in [-0.39, 0.29) is 29.9 Å². The number of hydrogen-bond donors (Lipinski definition) is 2. The van der Waals surface area contributed by atoms with Crippen molar-refractivity contribution < 1.29 is 22.3 Å². The number of halogens is 2. The fourth-order valence-electron chi connectivity index (χ4n) is 3.88. The molecule has 0 atom stereocenters. The molecule has 9 nitrogen and oxygen atoms in total. The Kier molecular flexibility index (Phi) is 7.86. The molecule has 1 fully saturated rings. The van der Waals surface area contributed by atoms with Gasteiger partial charge >= 0.3 is 0 Å². The number of H-pyrrole nitrogens is 1. The minimum absolute atomic E-state index is 0.0441. The number of rotatable bonds is 8. The van der Waals surface area contributed by atoms with Crippen LogP contribution in [-0.4, -0.2) is 54.6 Å². The maximum Gasteiger partial charge on any atom is 0.287 e. The highest BCUT2D eigenvalue weighted by Gasteiger charge is 2.25. The summed E-state index contributed by atoms with van der Waals surface area (Å²) in [4.78, 5) is 32.4. The van der Waals surface area contributed by atoms with Gasteiger partial charge in [-0.2, -0.15) is 0 Å². The molecule has 3 heterocycles. The van der Waals surface area contributed by atoms with Crippen molar-refractivity contribution in [1.29, 1.82) is 0 Å². The summed E-state index contributed by atoms with van der Waals surface area (Å²) in [6.07, 6.45) is 2.66. The molecule has 1 amide bonds. The van der Waals surface area contributed by atoms with Crippen LogP contribution in [0.2, 0.25) is 5.02 Å². The lowest BCUT2D eigenvalue weighted by molar-refractivity contribution is 0.0695. The molecule has 0 radical (unpaired) electrons. The molecule has 0 unspecified atom stereocenters. The number of carbonyl (C=O) groups excluding carboxylic acids is 1. The van der Waals surface area contributed by atoms with Gasteiger partial charge in [-0.3, -0.25) is 9.59 Å². The Morgan fingerprint density at radius 3 is 2.80 bits per heavy atom. The van der Waals surface area contributed by atoms with Crippen molar-refractivity contribution in [2.24, 2.45) is 5.92 Å². The van der Waals surface area contributed by atoms with Crippen molar-refractivity contribution >= 4 is 49.1 Å². The summed E-state index contributed by atoms with van der Waals surface area (Å²) in [7, 11) is -3.16. The standard InChI is InChI=1S/C22H24ClFN4O5S2/c1-35(31,32)28-6-4-13(5-7-28)10-33-11-15-12-34-22-18(15)20(29)26-19(27-22)21(30)25-9-14-2-3-17(24)16(23)8-14/h2-3,8,12-13H,4-7,9-11H2,1H3,(H,25,30)(H,26,27,29). The van der Waals surface area contributed by atoms with Crippen molar-refractivity contribution in [1.82, 2.24) is 19.6 Å². The van der Waals surface area contributed by atoms with E-state index in [1.54, 1.807) is 5.38 Å². The number of fused-ring (bicyclic) bond motifs is 1. The third-order valence-corrected chi connectivity index (χ3v) is 8.34. The number of benzene rings is 1. The summed E-state index contributed by atoms with van der Waals surface area (Å²) in [6, 6.07) is 4.13. The highest BCUT2D eigenvalue weighted by Crippen LogP contribution is 2.24. The van der Waals surface area contributed by atoms with Crippen LogP contribution in [-0.2, 0) is 27.9 Å². The predicted molar refractivity (Wildman–Crippen MR) is 132 cm³/mol. The normalized spacial score (nSPS) is 15.5. The Bertz CT molecular complexity index is 1400. The largest absolute Gasteiger partial charge is 0.376 e. The molecular formula is C22H24ClFN4O5S2. The predicted octanol–water partition coefficient (Wildman–Crippen LogP) is 2.90. The van der Waals surface area contributed by atoms with Crippen molar-refractivity contribution in [2.45, 2.75) is 26.0 Å². The smallest absolute Gasteiger partial charge is 0.287 e. The van der Waals surface area contributed by atoms with Crippen molar-refractivity contribution in [3.63, 3.8) is 0 Å². The lowest BCUT2D eigenvalue weighted by Gasteiger charge is -2.29. The summed E-state index contributed by atoms with van der Waals surface area (Å²) in [5, 5.41) is 4.74. The van der Waals surface area contributed by atoms with Gasteiger partial charge in [-0.25, -0.2) is 22.1 Å². The molecule has 2 aromatic heterocycles. The maximum absolute atomic E-state index is 13.3. The summed E-state index contributed by atoms with van der Waals surface area (Å²) in [5.41, 5.74) is 0.845. The average Bonchev–Trinajstić information content (AvgIpc) is 3.23. The highest BCUT2D eigenvalue weighted by atomic mass is 35.5. The lowest BCUT2D eigenvalue weighted by Crippen LogP contribution is -2.38. The van der Waals surface area contributed by atoms with Crippen LogP contribution in [0.4, 0.5) is 4.39 Å². The van der Waals surface area contributed by atoms with E-state index >= 15 is 0 Å². The zero-order chi connectivity index (χ0) is 25.2. The number of sulfonamides is 1. The van der Waals surface area contributed by atoms with Crippen LogP contribution in [0.15, 0.2) is 28.4 Å². The molecule has 1 aromatic carbocycles. The number of aromatic amines is 1. The molecule has 0 aliphatic carbocycles. The van der Waals surface area contributed by atoms with Crippen LogP contribution >= 0.6 is 22.9 Å². The fourth-order valence-corrected chi connectivity index (χ4v) is 5.88. The second kappa shape index (κ2) is 10.7. The number of nitrogens with one attached hydrogen (secondary N) is 2. The first-order chi connectivity index (χ1) is 16.6. The van der Waals surface area contributed by atoms with Gasteiger partial charge in [-0.05, 0) is 41.8 Å². The minimum atomic E-state index is -3.16. The molecule has 0 saturated carbocycles. The van der Waals surface area contributed by atoms with Crippen molar-refractivity contribution in [3.8, 4) is 0 Å². The van der Waals surface area contributed by atoms with E-state index in [9.17, 15) is 22.4 Å². The Balaban J connectivity index is 1.35. The van der Waals surface area contributed by atoms with Crippen LogP contribution in [0.3, 0.4) is 0 Å². The zero-order valence-electron chi connectivity index (χ0n) is 18.8. The lowest BCUT2D eigenvalue weighted by atomic mass is 9.99. The van der Waals surface area contributed by atoms with Crippen molar-refractivity contribution in [2.75, 3.05) is 26.0 Å². The molecular weight excluding hydrogens is 519 g/mol. The second-order valence-electron chi connectivity index (χ2n) is 8.41. The molecule has 1 saturated heterocycles. The number of hydrogen-bond acceptors (Lipinski definition) is 7. The first-order valence-electron chi connectivity index (χ1n) is 10.9. The molecule has 1 aliphatic heterocycles. The Labute approximate surface area is 210 Å². The molecule has 188 valence electrons. The van der Waals surface area contributed by atoms with E-state index in [0.717, 1.165) is 12.8 Å². The monoisotopic (exact) mass is 542 g/mol. The fraction of sp³-hybridized carbons (Fsp3) is 0.409. The quantitative estimate of drug-likeness (QED) is 0.451. The summed E-state index contributed by atoms with van der Waals surface area (Å²) in [6.45, 7) is 1.74. The number of amides is 1. The first kappa shape index (κ1) is 25.7. The number of ether oxygens (including phenoxy) is 1. The summed E-state index contributed by atoms with van der Waals surface area (Å²) >= 11 is 7.00. The Morgan fingerprint density at radius 2 is 2.11 bits per heavy atom. The number of thiophene rings is 1. The zero-order valence-corrected chi connectivity index (χ0v) is 21.2. The van der Waals surface area contributed by atoms with Gasteiger partial charge in [0.05, 0.1) is 23.3 Å². The van der Waals surface area contributed by atoms with E-state index < -0.39 is 27.3 Å². The molecule has 1 aliphatic rings. The third kappa shape index (κ3) is 6.25. The molecule has 13 heteroatoms. The van der Waals surface area contributed by atoms with Crippen LogP contribution < -0.4 is 10.9 Å². The number of piperidine rings is 1. The van der Waals surface area contributed by atoms with Gasteiger partial charge in [0.1, 0.15) is 10.6 Å². The van der Waals surface area contributed by atoms with Gasteiger partial charge in [0.2, 0.25) is 15.8 Å². The van der Waals surface area contributed by atoms with E-state index in [0.29, 0.717) is 41.0 Å². The van der Waals surface area contributed by atoms with Gasteiger partial charge in [-0.1, -0.05) is 17.7 Å². The van der Waals surface area contributed by atoms with Gasteiger partial charge in [0, 0.05) is 31.8 Å². The molecule has 0 spiro atoms. The van der Waals surface area contributed by atoms with E-state index in [1.807, 2.05) is 0 Å². The van der Waals surface area contributed by atoms with Gasteiger partial charge < -0.3 is 15.0 Å². The third-order valence-electron chi connectivity index (χ3n) is 5.83. The average molecular weight is 543 g/mol. The van der Waals surface area contributed by atoms with Gasteiger partial charge in [0.25, 0.3) is 11.5 Å². The molecule has 35 heavy (non-hydrogen) atoms. The number of aromatic nitrogens is 2. The van der Waals surface area contributed by atoms with E-state index in [1.165, 1.54) is 40.1 Å². The van der Waals surface area contributed by atoms with Gasteiger partial charge in [0.15, 0.2) is 0 Å². The summed E-state index contributed by atoms with van der Waals surface area (Å²) < 4.78 is 43.8. The van der Waals surface area contributed by atoms with E-state index in [4.69, 9.17) is 16.3 Å². The van der Waals surface area contributed by atoms with Crippen LogP contribution in [0, 0.1) is 11.7 Å². The number of carbonyl (C=O) groups is 1. The molecule has 0 bridgehead atoms. The first-order valence-corrected chi connectivity index (χ1v) is 14.0. The molecule has 4 rings (SSSR count). The Morgan fingerprint density at radius 1 is 1.37 bits per heavy atom. The van der Waals surface area contributed by atoms with E-state index in [2.05, 4.69) is 15.3 Å². The van der Waals surface area contributed by atoms with Crippen LogP contribution in [0.5, 0.6) is 0 Å². The highest BCUT2D eigenvalue weighted by molar-refractivity contribution is 7.88. The SMILES string of the molecule is CS(=O)(=O)N1CCC(COCc2csc3nc(C(=O)NCc4ccc(F)c(Cl)c4)[nH]c(=O)c23)CC1. The Hall–Kier alpha value is -2.38. The summed E-state index contributed by atoms with van der Waals surface area (Å²) in [5.74, 6) is -0.993. The number of nitrogens with zero attached hydrogens (tertiary/aromatic N) is 2. The molecule has 2 N–H and O–H groups in total. The topological polar surface area (TPSA) is 121 Å². The minimum Gasteiger partial charge on any atom is -0.376 e. The van der Waals surface area contributed by atoms with Crippen LogP contribution in [0.25, 0.3) is 10.2 Å². The maximum atomic E-state index is 13.3. The van der Waals surface area contributed by atoms with Crippen LogP contribution in [0.1, 0.15) is 34.6 Å².